The van der Waals surface area contributed by atoms with Crippen molar-refractivity contribution in [2.24, 2.45) is 0 Å². The molecule has 0 saturated heterocycles. The van der Waals surface area contributed by atoms with Gasteiger partial charge in [0.15, 0.2) is 0 Å². The maximum atomic E-state index is 9.92. The van der Waals surface area contributed by atoms with Crippen molar-refractivity contribution in [3.05, 3.63) is 470 Å². The second-order valence-electron chi connectivity index (χ2n) is 34.5. The van der Waals surface area contributed by atoms with Gasteiger partial charge in [-0.25, -0.2) is 0 Å². The van der Waals surface area contributed by atoms with Gasteiger partial charge in [-0.15, -0.1) is 0 Å². The van der Waals surface area contributed by atoms with Gasteiger partial charge in [-0.2, -0.15) is 0 Å². The van der Waals surface area contributed by atoms with E-state index in [1.54, 1.807) is 42.5 Å². The highest BCUT2D eigenvalue weighted by molar-refractivity contribution is 6.29. The van der Waals surface area contributed by atoms with Crippen molar-refractivity contribution in [2.45, 2.75) is 38.5 Å². The average molecular weight is 1760 g/mol. The van der Waals surface area contributed by atoms with Crippen molar-refractivity contribution in [3.8, 4) is 100 Å². The molecule has 0 saturated carbocycles. The summed E-state index contributed by atoms with van der Waals surface area (Å²) in [6.45, 7) is 8.25. The Bertz CT molecular complexity index is 12200. The summed E-state index contributed by atoms with van der Waals surface area (Å²) in [6.07, 6.45) is 0. The summed E-state index contributed by atoms with van der Waals surface area (Å²) < 4.78 is 398. The summed E-state index contributed by atoms with van der Waals surface area (Å²) in [5.74, 6) is 0. The van der Waals surface area contributed by atoms with Gasteiger partial charge < -0.3 is 13.3 Å². The number of fused-ring (bicyclic) bond motifs is 27. The molecule has 24 aromatic carbocycles. The molecule has 0 fully saturated rings. The third kappa shape index (κ3) is 12.0. The van der Waals surface area contributed by atoms with Crippen molar-refractivity contribution in [2.75, 3.05) is 0 Å². The molecule has 3 nitrogen and oxygen atoms in total. The van der Waals surface area contributed by atoms with E-state index < -0.39 is 274 Å². The van der Waals surface area contributed by atoms with E-state index in [-0.39, 0.29) is 154 Å². The van der Waals surface area contributed by atoms with Crippen LogP contribution in [0, 0.1) is 0 Å². The van der Waals surface area contributed by atoms with Gasteiger partial charge in [-0.05, 0) is 286 Å². The molecular formula is C132H86O3. The first-order valence-corrected chi connectivity index (χ1v) is 43.6. The summed E-state index contributed by atoms with van der Waals surface area (Å²) in [7, 11) is 0. The number of benzene rings is 24. The van der Waals surface area contributed by atoms with Crippen LogP contribution in [0.4, 0.5) is 0 Å². The Balaban J connectivity index is 0.000000126. The van der Waals surface area contributed by atoms with Crippen molar-refractivity contribution in [1.29, 1.82) is 0 Å². The zero-order chi connectivity index (χ0) is 126. The molecule has 0 radical (unpaired) electrons. The lowest BCUT2D eigenvalue weighted by Gasteiger charge is -2.22. The average Bonchev–Trinajstić information content (AvgIpc) is 0.968. The lowest BCUT2D eigenvalue weighted by atomic mass is 9.80. The minimum absolute atomic E-state index is 0.0514. The molecule has 3 heterocycles. The number of hydrogen-bond donors (Lipinski definition) is 0. The second-order valence-corrected chi connectivity index (χ2v) is 34.5. The minimum atomic E-state index is -0.734. The Morgan fingerprint density at radius 2 is 0.541 bits per heavy atom. The number of furan rings is 3. The third-order valence-corrected chi connectivity index (χ3v) is 26.7. The Labute approximate surface area is 839 Å². The van der Waals surface area contributed by atoms with E-state index in [1.807, 2.05) is 147 Å². The highest BCUT2D eigenvalue weighted by atomic mass is 16.3. The van der Waals surface area contributed by atoms with E-state index in [0.717, 1.165) is 82.8 Å². The Kier molecular flexibility index (Phi) is 10.5. The molecule has 0 unspecified atom stereocenters. The molecule has 0 bridgehead atoms. The molecule has 3 heteroatoms. The molecule has 29 rings (SSSR count). The summed E-state index contributed by atoms with van der Waals surface area (Å²) in [4.78, 5) is 0. The first-order chi connectivity index (χ1) is 84.0. The van der Waals surface area contributed by atoms with Crippen LogP contribution in [0.3, 0.4) is 0 Å². The van der Waals surface area contributed by atoms with Gasteiger partial charge >= 0.3 is 0 Å². The fourth-order valence-electron chi connectivity index (χ4n) is 20.7. The minimum Gasteiger partial charge on any atom is -0.456 e. The molecule has 2 aliphatic carbocycles. The summed E-state index contributed by atoms with van der Waals surface area (Å²) in [5, 5.41) is 0.680. The Hall–Kier alpha value is -17.0. The van der Waals surface area contributed by atoms with Crippen LogP contribution in [0.15, 0.2) is 461 Å². The van der Waals surface area contributed by atoms with Gasteiger partial charge in [0.05, 0.1) is 57.6 Å². The molecular weight excluding hydrogens is 1630 g/mol. The Morgan fingerprint density at radius 1 is 0.178 bits per heavy atom. The van der Waals surface area contributed by atoms with Gasteiger partial charge in [0.1, 0.15) is 33.5 Å². The molecule has 0 N–H and O–H groups in total. The highest BCUT2D eigenvalue weighted by Crippen LogP contribution is 2.58. The fourth-order valence-corrected chi connectivity index (χ4v) is 20.7. The van der Waals surface area contributed by atoms with Gasteiger partial charge in [0, 0.05) is 43.1 Å². The van der Waals surface area contributed by atoms with Crippen LogP contribution < -0.4 is 0 Å². The van der Waals surface area contributed by atoms with Gasteiger partial charge in [0.25, 0.3) is 0 Å². The largest absolute Gasteiger partial charge is 0.456 e. The van der Waals surface area contributed by atoms with Crippen LogP contribution in [-0.2, 0) is 10.8 Å². The molecule has 632 valence electrons. The zero-order valence-electron chi connectivity index (χ0n) is 114. The normalized spacial score (nSPS) is 17.4. The van der Waals surface area contributed by atoms with Gasteiger partial charge in [-0.1, -0.05) is 409 Å². The van der Waals surface area contributed by atoms with Gasteiger partial charge in [0.2, 0.25) is 0 Å². The van der Waals surface area contributed by atoms with E-state index in [0.29, 0.717) is 38.9 Å². The molecule has 3 aromatic heterocycles. The standard InChI is InChI=1S/2C45H30O.C42H26O/c1-45(2)37-20-10-9-18-34(37)43-35(19-11-21-38(43)45)42-32-16-7-5-14-30(32)41(31-15-6-8-17-33(31)42)28-23-24-39-36(26-28)44-29-13-4-3-12-27(29)22-25-40(44)46-39;1-45(2)38-18-10-9-13-31(38)36-25-28(19-22-39(36)45)42-32-14-5-7-16-34(32)43(35-17-8-6-15-33(35)42)29-21-23-40-37(26-29)44-30-12-4-3-11-27(30)20-24-41(44)46-40;1-2-12-28(13-3-1)40-33-17-6-8-19-35(33)41(36-20-9-7-18-34(36)40)31-15-10-14-29(25-31)30-22-23-38-37(26-30)42-32-16-5-4-11-27(32)21-24-39(42)43-38/h2*3-26H,1-2H3;1-26H/i3D,4D,5D,6D,7D,8D,12D,13D,14D,15D,16D,17D,22D,23D,24D,25D,26D;3D,4D,5D,6D,7D,8D,11D,12D,14D,15D,16D,17D,20D,21D,23D,24D,26D;6D,7D,8D,9D,17D,18D,19D,20D. The van der Waals surface area contributed by atoms with E-state index in [4.69, 9.17) is 48.9 Å². The summed E-state index contributed by atoms with van der Waals surface area (Å²) >= 11 is 0. The van der Waals surface area contributed by atoms with Crippen molar-refractivity contribution in [3.63, 3.8) is 0 Å². The van der Waals surface area contributed by atoms with E-state index in [9.17, 15) is 21.9 Å². The van der Waals surface area contributed by atoms with Crippen LogP contribution in [0.25, 0.3) is 263 Å². The van der Waals surface area contributed by atoms with E-state index in [2.05, 4.69) is 32.0 Å². The fraction of sp³-hybridized carbons (Fsp3) is 0.0455. The first kappa shape index (κ1) is 46.7. The van der Waals surface area contributed by atoms with Gasteiger partial charge in [-0.3, -0.25) is 0 Å². The molecule has 0 amide bonds. The number of hydrogen-bond acceptors (Lipinski definition) is 3. The van der Waals surface area contributed by atoms with Crippen LogP contribution >= 0.6 is 0 Å². The zero-order valence-corrected chi connectivity index (χ0v) is 71.7. The molecule has 0 atom stereocenters. The van der Waals surface area contributed by atoms with Crippen molar-refractivity contribution < 1.29 is 70.8 Å². The molecule has 2 aliphatic rings. The predicted molar refractivity (Wildman–Crippen MR) is 572 cm³/mol. The lowest BCUT2D eigenvalue weighted by Crippen LogP contribution is -2.14. The SMILES string of the molecule is [2H]c1c(-c2c3c([2H])c([2H])c([2H])c([2H])c3c(-c3ccc4c(c3)-c3ccccc3C4(C)C)c3c([2H])c([2H])c([2H])c([2H])c23)c([2H])c2c(oc3c([2H])c([2H])c4c([2H])c([2H])c([2H])c([2H])c4c32)c1[2H].[2H]c1c(-c2c3c([2H])c([2H])c([2H])c([2H])c3c(-c3cccc4c3-c3ccccc3C4(C)C)c3c([2H])c([2H])c([2H])c([2H])c23)c([2H])c2c(oc3c([2H])c([2H])c4c([2H])c([2H])c([2H])c([2H])c4c32)c1[2H].[2H]c1c([2H])c([2H])c2c(-c3cccc(-c4ccc5oc6ccc7ccccc7c6c5c4)c3)c3c([2H])c([2H])c([2H])c([2H])c3c(-c3ccccc3)c2c1[2H]. The van der Waals surface area contributed by atoms with Crippen molar-refractivity contribution in [1.82, 2.24) is 0 Å². The molecule has 27 aromatic rings. The first-order valence-electron chi connectivity index (χ1n) is 64.6. The molecule has 0 spiro atoms. The predicted octanol–water partition coefficient (Wildman–Crippen LogP) is 37.4. The summed E-state index contributed by atoms with van der Waals surface area (Å²) in [5.41, 5.74) is 8.62. The van der Waals surface area contributed by atoms with E-state index >= 15 is 0 Å². The topological polar surface area (TPSA) is 39.4 Å². The van der Waals surface area contributed by atoms with Crippen LogP contribution in [0.2, 0.25) is 0 Å². The number of rotatable bonds is 7. The monoisotopic (exact) mass is 1760 g/mol. The van der Waals surface area contributed by atoms with Crippen LogP contribution in [0.5, 0.6) is 0 Å². The second kappa shape index (κ2) is 30.3. The maximum absolute atomic E-state index is 9.92. The van der Waals surface area contributed by atoms with Crippen LogP contribution in [0.1, 0.15) is 108 Å². The smallest absolute Gasteiger partial charge is 0.136 e. The maximum Gasteiger partial charge on any atom is 0.136 e. The highest BCUT2D eigenvalue weighted by Gasteiger charge is 2.39. The Morgan fingerprint density at radius 3 is 1.09 bits per heavy atom. The third-order valence-electron chi connectivity index (χ3n) is 26.7. The summed E-state index contributed by atoms with van der Waals surface area (Å²) in [6, 6.07) is 36.2. The molecule has 0 aliphatic heterocycles. The molecule has 135 heavy (non-hydrogen) atoms. The van der Waals surface area contributed by atoms with Crippen LogP contribution in [-0.4, -0.2) is 0 Å². The van der Waals surface area contributed by atoms with Crippen molar-refractivity contribution >= 4 is 163 Å². The quantitative estimate of drug-likeness (QED) is 0.149. The van der Waals surface area contributed by atoms with E-state index in [1.165, 1.54) is 0 Å². The lowest BCUT2D eigenvalue weighted by molar-refractivity contribution is 0.660.